The number of hydrogen-bond acceptors (Lipinski definition) is 2. The van der Waals surface area contributed by atoms with Crippen LogP contribution < -0.4 is 4.90 Å². The molecule has 0 unspecified atom stereocenters. The minimum atomic E-state index is 0.934. The number of allylic oxidation sites excluding steroid dienone is 4. The molecule has 1 fully saturated rings. The fourth-order valence-corrected chi connectivity index (χ4v) is 4.08. The number of rotatable bonds is 4. The van der Waals surface area contributed by atoms with Gasteiger partial charge in [-0.15, -0.1) is 0 Å². The average molecular weight is 329 g/mol. The second-order valence-corrected chi connectivity index (χ2v) is 7.16. The number of fused-ring (bicyclic) bond motifs is 1. The van der Waals surface area contributed by atoms with Crippen LogP contribution >= 0.6 is 0 Å². The maximum absolute atomic E-state index is 2.40. The molecule has 0 saturated heterocycles. The van der Waals surface area contributed by atoms with Crippen LogP contribution in [0.15, 0.2) is 48.8 Å². The van der Waals surface area contributed by atoms with Crippen molar-refractivity contribution in [3.63, 3.8) is 0 Å². The summed E-state index contributed by atoms with van der Waals surface area (Å²) in [6.07, 6.45) is 18.7. The summed E-state index contributed by atoms with van der Waals surface area (Å²) < 4.78 is 0. The fourth-order valence-electron chi connectivity index (χ4n) is 4.08. The minimum Gasteiger partial charge on any atom is -0.358 e. The summed E-state index contributed by atoms with van der Waals surface area (Å²) in [4.78, 5) is 4.77. The first-order valence-electron chi connectivity index (χ1n) is 9.02. The van der Waals surface area contributed by atoms with E-state index in [0.29, 0.717) is 0 Å². The Hall–Kier alpha value is -1.96. The Morgan fingerprint density at radius 2 is 1.68 bits per heavy atom. The average Bonchev–Trinajstić information content (AvgIpc) is 3.19. The second kappa shape index (κ2) is 6.74. The van der Waals surface area contributed by atoms with Crippen LogP contribution in [0, 0.1) is 51.4 Å². The maximum atomic E-state index is 2.40. The molecule has 4 rings (SSSR count). The van der Waals surface area contributed by atoms with Crippen molar-refractivity contribution in [2.45, 2.75) is 27.2 Å². The topological polar surface area (TPSA) is 6.48 Å². The number of aryl methyl sites for hydroxylation is 3. The lowest BCUT2D eigenvalue weighted by molar-refractivity contribution is 0.404. The zero-order valence-electron chi connectivity index (χ0n) is 15.3. The molecule has 1 heterocycles. The van der Waals surface area contributed by atoms with E-state index >= 15 is 0 Å². The van der Waals surface area contributed by atoms with Crippen molar-refractivity contribution in [2.75, 3.05) is 18.1 Å². The van der Waals surface area contributed by atoms with Crippen LogP contribution in [0.1, 0.15) is 23.1 Å². The summed E-state index contributed by atoms with van der Waals surface area (Å²) >= 11 is 0. The first-order chi connectivity index (χ1) is 12.1. The second-order valence-electron chi connectivity index (χ2n) is 7.16. The quantitative estimate of drug-likeness (QED) is 0.781. The van der Waals surface area contributed by atoms with Gasteiger partial charge < -0.3 is 9.80 Å². The standard InChI is InChI=1S/C23H25N2/c1-17-14-18(2)23(19(3)15-17)25-13-12-24(16-25)11-10-21-9-8-20-6-4-5-7-22(20)21/h4-9,12-15H,10-11,16H2,1-3H3. The minimum absolute atomic E-state index is 0.934. The van der Waals surface area contributed by atoms with Gasteiger partial charge in [0.1, 0.15) is 0 Å². The molecule has 1 aromatic rings. The predicted molar refractivity (Wildman–Crippen MR) is 105 cm³/mol. The molecule has 0 spiro atoms. The molecule has 25 heavy (non-hydrogen) atoms. The fraction of sp³-hybridized carbons (Fsp3) is 0.261. The van der Waals surface area contributed by atoms with E-state index in [2.05, 4.69) is 92.2 Å². The van der Waals surface area contributed by atoms with Gasteiger partial charge in [-0.1, -0.05) is 42.0 Å². The highest BCUT2D eigenvalue weighted by Crippen LogP contribution is 2.45. The summed E-state index contributed by atoms with van der Waals surface area (Å²) in [6.45, 7) is 8.57. The zero-order chi connectivity index (χ0) is 17.4. The molecule has 1 aliphatic heterocycles. The van der Waals surface area contributed by atoms with Crippen molar-refractivity contribution in [3.05, 3.63) is 96.1 Å². The number of hydrogen-bond donors (Lipinski definition) is 0. The van der Waals surface area contributed by atoms with E-state index in [-0.39, 0.29) is 0 Å². The van der Waals surface area contributed by atoms with Gasteiger partial charge in [-0.05, 0) is 57.1 Å². The van der Waals surface area contributed by atoms with E-state index < -0.39 is 0 Å². The molecule has 0 aromatic heterocycles. The van der Waals surface area contributed by atoms with Gasteiger partial charge in [-0.2, -0.15) is 0 Å². The highest BCUT2D eigenvalue weighted by Gasteiger charge is 2.35. The lowest BCUT2D eigenvalue weighted by Crippen LogP contribution is -2.27. The Bertz CT molecular complexity index is 705. The lowest BCUT2D eigenvalue weighted by atomic mass is 9.85. The monoisotopic (exact) mass is 329 g/mol. The molecule has 127 valence electrons. The van der Waals surface area contributed by atoms with E-state index in [1.165, 1.54) is 40.1 Å². The highest BCUT2D eigenvalue weighted by atomic mass is 15.3. The van der Waals surface area contributed by atoms with Gasteiger partial charge in [-0.3, -0.25) is 0 Å². The molecule has 0 atom stereocenters. The molecule has 2 aliphatic carbocycles. The molecule has 5 radical (unpaired) electrons. The van der Waals surface area contributed by atoms with E-state index in [4.69, 9.17) is 0 Å². The van der Waals surface area contributed by atoms with Gasteiger partial charge in [0.2, 0.25) is 0 Å². The first-order valence-corrected chi connectivity index (χ1v) is 9.02. The summed E-state index contributed by atoms with van der Waals surface area (Å²) in [7, 11) is 0. The van der Waals surface area contributed by atoms with Crippen molar-refractivity contribution in [1.29, 1.82) is 0 Å². The Labute approximate surface area is 152 Å². The smallest absolute Gasteiger partial charge is 0.0942 e. The van der Waals surface area contributed by atoms with Crippen LogP contribution in [0.2, 0.25) is 0 Å². The van der Waals surface area contributed by atoms with Crippen molar-refractivity contribution in [2.24, 2.45) is 0 Å². The third-order valence-corrected chi connectivity index (χ3v) is 5.15. The molecular weight excluding hydrogens is 304 g/mol. The van der Waals surface area contributed by atoms with Gasteiger partial charge in [0.05, 0.1) is 6.67 Å². The molecule has 2 heteroatoms. The molecule has 0 N–H and O–H groups in total. The van der Waals surface area contributed by atoms with Crippen molar-refractivity contribution < 1.29 is 0 Å². The molecule has 3 aliphatic rings. The molecular formula is C23H25N2. The molecule has 2 nitrogen and oxygen atoms in total. The third-order valence-electron chi connectivity index (χ3n) is 5.15. The lowest BCUT2D eigenvalue weighted by Gasteiger charge is -2.26. The van der Waals surface area contributed by atoms with Crippen LogP contribution in [0.5, 0.6) is 0 Å². The van der Waals surface area contributed by atoms with Crippen LogP contribution in [0.3, 0.4) is 0 Å². The van der Waals surface area contributed by atoms with Crippen LogP contribution in [-0.2, 0) is 0 Å². The van der Waals surface area contributed by atoms with Gasteiger partial charge in [0, 0.05) is 36.5 Å². The van der Waals surface area contributed by atoms with Gasteiger partial charge in [-0.25, -0.2) is 0 Å². The van der Waals surface area contributed by atoms with Gasteiger partial charge in [0.15, 0.2) is 0 Å². The summed E-state index contributed by atoms with van der Waals surface area (Å²) in [5.41, 5.74) is 5.39. The Morgan fingerprint density at radius 1 is 0.920 bits per heavy atom. The Morgan fingerprint density at radius 3 is 2.48 bits per heavy atom. The zero-order valence-corrected chi connectivity index (χ0v) is 15.3. The van der Waals surface area contributed by atoms with E-state index in [1.807, 2.05) is 0 Å². The van der Waals surface area contributed by atoms with E-state index in [1.54, 1.807) is 0 Å². The Kier molecular flexibility index (Phi) is 4.45. The van der Waals surface area contributed by atoms with Crippen LogP contribution in [0.25, 0.3) is 0 Å². The van der Waals surface area contributed by atoms with E-state index in [9.17, 15) is 0 Å². The van der Waals surface area contributed by atoms with Gasteiger partial charge in [0.25, 0.3) is 0 Å². The Balaban J connectivity index is 1.36. The normalized spacial score (nSPS) is 20.9. The SMILES string of the molecule is Cc1cc(C)c(N2C=CN(CC[C]3[CH][CH][C]4C=CC=C[C]43)C2)c(C)c1. The maximum Gasteiger partial charge on any atom is 0.0942 e. The van der Waals surface area contributed by atoms with Crippen molar-refractivity contribution in [1.82, 2.24) is 4.90 Å². The van der Waals surface area contributed by atoms with Gasteiger partial charge >= 0.3 is 0 Å². The summed E-state index contributed by atoms with van der Waals surface area (Å²) in [5, 5.41) is 0. The van der Waals surface area contributed by atoms with Crippen molar-refractivity contribution in [3.8, 4) is 0 Å². The van der Waals surface area contributed by atoms with Crippen molar-refractivity contribution >= 4 is 5.69 Å². The summed E-state index contributed by atoms with van der Waals surface area (Å²) in [5.74, 6) is 4.19. The number of benzene rings is 1. The largest absolute Gasteiger partial charge is 0.358 e. The predicted octanol–water partition coefficient (Wildman–Crippen LogP) is 4.82. The number of anilines is 1. The molecule has 0 bridgehead atoms. The van der Waals surface area contributed by atoms with E-state index in [0.717, 1.165) is 19.6 Å². The number of nitrogens with zero attached hydrogens (tertiary/aromatic N) is 2. The van der Waals surface area contributed by atoms with Crippen LogP contribution in [-0.4, -0.2) is 18.1 Å². The summed E-state index contributed by atoms with van der Waals surface area (Å²) in [6, 6.07) is 4.55. The third kappa shape index (κ3) is 3.27. The molecule has 1 aromatic carbocycles. The molecule has 0 amide bonds. The molecule has 1 saturated carbocycles. The first kappa shape index (κ1) is 16.5. The highest BCUT2D eigenvalue weighted by molar-refractivity contribution is 5.63. The van der Waals surface area contributed by atoms with Crippen LogP contribution in [0.4, 0.5) is 5.69 Å².